The molecule has 0 aliphatic heterocycles. The monoisotopic (exact) mass is 358 g/mol. The van der Waals surface area contributed by atoms with Crippen LogP contribution in [0, 0.1) is 10.8 Å². The van der Waals surface area contributed by atoms with Crippen molar-refractivity contribution in [3.8, 4) is 0 Å². The third kappa shape index (κ3) is 4.05. The van der Waals surface area contributed by atoms with Gasteiger partial charge in [-0.1, -0.05) is 41.5 Å². The highest BCUT2D eigenvalue weighted by Gasteiger charge is 2.55. The quantitative estimate of drug-likeness (QED) is 0.696. The van der Waals surface area contributed by atoms with Crippen molar-refractivity contribution in [2.75, 3.05) is 13.7 Å². The van der Waals surface area contributed by atoms with E-state index < -0.39 is 19.7 Å². The minimum atomic E-state index is -1.95. The fraction of sp³-hybridized carbons (Fsp3) is 0.947. The minimum Gasteiger partial charge on any atom is -0.481 e. The minimum absolute atomic E-state index is 0.0275. The van der Waals surface area contributed by atoms with Crippen LogP contribution in [0.3, 0.4) is 0 Å². The number of carboxylic acid groups (broad SMARTS) is 1. The summed E-state index contributed by atoms with van der Waals surface area (Å²) < 4.78 is 12.2. The Bertz CT molecular complexity index is 449. The third-order valence-electron chi connectivity index (χ3n) is 6.51. The number of carbonyl (C=O) groups is 1. The molecule has 0 bridgehead atoms. The summed E-state index contributed by atoms with van der Waals surface area (Å²) in [5, 5.41) is 9.88. The fourth-order valence-corrected chi connectivity index (χ4v) is 5.27. The molecular weight excluding hydrogens is 320 g/mol. The van der Waals surface area contributed by atoms with Crippen molar-refractivity contribution in [3.63, 3.8) is 0 Å². The van der Waals surface area contributed by atoms with Gasteiger partial charge in [-0.2, -0.15) is 0 Å². The number of rotatable bonds is 5. The second-order valence-electron chi connectivity index (χ2n) is 10.1. The first kappa shape index (κ1) is 21.6. The van der Waals surface area contributed by atoms with E-state index in [0.29, 0.717) is 12.8 Å². The molecule has 0 heterocycles. The van der Waals surface area contributed by atoms with Gasteiger partial charge in [-0.15, -0.1) is 0 Å². The summed E-state index contributed by atoms with van der Waals surface area (Å²) in [6, 6.07) is 0. The van der Waals surface area contributed by atoms with E-state index in [-0.39, 0.29) is 22.7 Å². The zero-order valence-electron chi connectivity index (χ0n) is 17.2. The van der Waals surface area contributed by atoms with Crippen LogP contribution in [0.25, 0.3) is 0 Å². The van der Waals surface area contributed by atoms with E-state index in [1.54, 1.807) is 7.11 Å². The zero-order chi connectivity index (χ0) is 19.0. The van der Waals surface area contributed by atoms with Gasteiger partial charge in [0.15, 0.2) is 8.32 Å². The molecule has 0 spiro atoms. The number of carboxylic acids is 1. The van der Waals surface area contributed by atoms with Crippen LogP contribution in [0.2, 0.25) is 18.1 Å². The van der Waals surface area contributed by atoms with Crippen molar-refractivity contribution in [1.29, 1.82) is 0 Å². The molecule has 142 valence electrons. The Labute approximate surface area is 149 Å². The average molecular weight is 359 g/mol. The molecule has 0 unspecified atom stereocenters. The maximum Gasteiger partial charge on any atom is 0.311 e. The zero-order valence-corrected chi connectivity index (χ0v) is 18.2. The van der Waals surface area contributed by atoms with E-state index in [4.69, 9.17) is 9.16 Å². The maximum atomic E-state index is 11.9. The lowest BCUT2D eigenvalue weighted by atomic mass is 9.61. The van der Waals surface area contributed by atoms with Gasteiger partial charge in [-0.25, -0.2) is 0 Å². The van der Waals surface area contributed by atoms with E-state index in [1.807, 2.05) is 0 Å². The number of hydrogen-bond donors (Lipinski definition) is 1. The van der Waals surface area contributed by atoms with Crippen molar-refractivity contribution in [1.82, 2.24) is 0 Å². The lowest BCUT2D eigenvalue weighted by molar-refractivity contribution is -0.164. The molecule has 1 N–H and O–H groups in total. The third-order valence-corrected chi connectivity index (χ3v) is 11.0. The molecular formula is C19H38O4Si. The lowest BCUT2D eigenvalue weighted by Crippen LogP contribution is -2.59. The van der Waals surface area contributed by atoms with Gasteiger partial charge >= 0.3 is 5.97 Å². The predicted molar refractivity (Wildman–Crippen MR) is 101 cm³/mol. The molecule has 0 aromatic carbocycles. The topological polar surface area (TPSA) is 55.8 Å². The highest BCUT2D eigenvalue weighted by Crippen LogP contribution is 2.53. The molecule has 1 fully saturated rings. The SMILES string of the molecule is COCC1(C(=O)O)CCC(O[Si](C)(C)C(C)(C)C)(C(C)(C)C)CC1. The first-order chi connectivity index (χ1) is 10.6. The summed E-state index contributed by atoms with van der Waals surface area (Å²) in [6.07, 6.45) is 2.78. The molecule has 0 aromatic rings. The summed E-state index contributed by atoms with van der Waals surface area (Å²) >= 11 is 0. The van der Waals surface area contributed by atoms with Crippen LogP contribution in [0.1, 0.15) is 67.2 Å². The summed E-state index contributed by atoms with van der Waals surface area (Å²) in [4.78, 5) is 11.9. The van der Waals surface area contributed by atoms with E-state index in [1.165, 1.54) is 0 Å². The Hall–Kier alpha value is -0.393. The molecule has 0 amide bonds. The first-order valence-electron chi connectivity index (χ1n) is 9.05. The van der Waals surface area contributed by atoms with Crippen LogP contribution in [0.5, 0.6) is 0 Å². The van der Waals surface area contributed by atoms with Crippen LogP contribution in [-0.2, 0) is 14.0 Å². The number of hydrogen-bond acceptors (Lipinski definition) is 3. The maximum absolute atomic E-state index is 11.9. The molecule has 4 nitrogen and oxygen atoms in total. The smallest absolute Gasteiger partial charge is 0.311 e. The van der Waals surface area contributed by atoms with Crippen LogP contribution in [-0.4, -0.2) is 38.7 Å². The average Bonchev–Trinajstić information content (AvgIpc) is 2.38. The molecule has 1 rings (SSSR count). The van der Waals surface area contributed by atoms with Gasteiger partial charge in [0, 0.05) is 7.11 Å². The van der Waals surface area contributed by atoms with E-state index in [0.717, 1.165) is 12.8 Å². The standard InChI is InChI=1S/C19H38O4Si/c1-16(2,3)19(23-24(8,9)17(4,5)6)12-10-18(11-13-19,14-22-7)15(20)21/h10-14H2,1-9H3,(H,20,21). The number of ether oxygens (including phenoxy) is 1. The van der Waals surface area contributed by atoms with Gasteiger partial charge in [0.2, 0.25) is 0 Å². The Kier molecular flexibility index (Phi) is 6.07. The molecule has 1 aliphatic carbocycles. The van der Waals surface area contributed by atoms with Crippen LogP contribution < -0.4 is 0 Å². The summed E-state index contributed by atoms with van der Waals surface area (Å²) in [5.41, 5.74) is -1.05. The second kappa shape index (κ2) is 6.73. The van der Waals surface area contributed by atoms with Crippen LogP contribution >= 0.6 is 0 Å². The fourth-order valence-electron chi connectivity index (χ4n) is 3.48. The van der Waals surface area contributed by atoms with Crippen molar-refractivity contribution in [3.05, 3.63) is 0 Å². The number of methoxy groups -OCH3 is 1. The summed E-state index contributed by atoms with van der Waals surface area (Å²) in [6.45, 7) is 18.3. The van der Waals surface area contributed by atoms with Crippen molar-refractivity contribution in [2.24, 2.45) is 10.8 Å². The first-order valence-corrected chi connectivity index (χ1v) is 12.0. The Balaban J connectivity index is 3.14. The Morgan fingerprint density at radius 1 is 1.04 bits per heavy atom. The van der Waals surface area contributed by atoms with E-state index in [9.17, 15) is 9.90 Å². The molecule has 1 saturated carbocycles. The highest BCUT2D eigenvalue weighted by atomic mass is 28.4. The molecule has 0 saturated heterocycles. The Morgan fingerprint density at radius 3 is 1.79 bits per heavy atom. The van der Waals surface area contributed by atoms with Crippen molar-refractivity contribution in [2.45, 2.75) is 91.0 Å². The van der Waals surface area contributed by atoms with E-state index in [2.05, 4.69) is 54.6 Å². The van der Waals surface area contributed by atoms with Gasteiger partial charge in [-0.05, 0) is 49.2 Å². The lowest BCUT2D eigenvalue weighted by Gasteiger charge is -2.56. The van der Waals surface area contributed by atoms with Gasteiger partial charge in [0.05, 0.1) is 17.6 Å². The van der Waals surface area contributed by atoms with Crippen LogP contribution in [0.15, 0.2) is 0 Å². The summed E-state index contributed by atoms with van der Waals surface area (Å²) in [5.74, 6) is -0.737. The van der Waals surface area contributed by atoms with Gasteiger partial charge < -0.3 is 14.3 Å². The predicted octanol–water partition coefficient (Wildman–Crippen LogP) is 5.08. The Morgan fingerprint density at radius 2 is 1.50 bits per heavy atom. The molecule has 0 aromatic heterocycles. The van der Waals surface area contributed by atoms with Gasteiger partial charge in [0.25, 0.3) is 0 Å². The largest absolute Gasteiger partial charge is 0.481 e. The van der Waals surface area contributed by atoms with Crippen LogP contribution in [0.4, 0.5) is 0 Å². The molecule has 5 heteroatoms. The van der Waals surface area contributed by atoms with E-state index >= 15 is 0 Å². The second-order valence-corrected chi connectivity index (χ2v) is 14.8. The van der Waals surface area contributed by atoms with Crippen molar-refractivity contribution < 1.29 is 19.1 Å². The summed E-state index contributed by atoms with van der Waals surface area (Å²) in [7, 11) is -0.359. The highest BCUT2D eigenvalue weighted by molar-refractivity contribution is 6.74. The molecule has 0 atom stereocenters. The molecule has 0 radical (unpaired) electrons. The number of aliphatic carboxylic acids is 1. The molecule has 24 heavy (non-hydrogen) atoms. The van der Waals surface area contributed by atoms with Gasteiger partial charge in [0.1, 0.15) is 0 Å². The van der Waals surface area contributed by atoms with Gasteiger partial charge in [-0.3, -0.25) is 4.79 Å². The normalized spacial score (nSPS) is 29.5. The van der Waals surface area contributed by atoms with Crippen molar-refractivity contribution >= 4 is 14.3 Å². The molecule has 1 aliphatic rings.